The lowest BCUT2D eigenvalue weighted by molar-refractivity contribution is -0.113. The Bertz CT molecular complexity index is 1100. The van der Waals surface area contributed by atoms with Crippen molar-refractivity contribution in [2.75, 3.05) is 18.2 Å². The molecule has 9 heteroatoms. The van der Waals surface area contributed by atoms with E-state index in [1.165, 1.54) is 28.0 Å². The fourth-order valence-electron chi connectivity index (χ4n) is 3.49. The number of rotatable bonds is 6. The number of nitriles is 1. The SMILES string of the molecule is COc1ccc(-n2cnnc2SCC(=O)Nc2sc3c(c2C#N)CC[C@@H](C)C3)cc1. The number of nitrogens with one attached hydrogen (secondary N) is 1. The fraction of sp³-hybridized carbons (Fsp3) is 0.333. The summed E-state index contributed by atoms with van der Waals surface area (Å²) >= 11 is 2.84. The van der Waals surface area contributed by atoms with Crippen LogP contribution in [0.3, 0.4) is 0 Å². The van der Waals surface area contributed by atoms with Crippen LogP contribution in [0.1, 0.15) is 29.3 Å². The molecule has 0 bridgehead atoms. The molecule has 0 aliphatic heterocycles. The molecule has 30 heavy (non-hydrogen) atoms. The summed E-state index contributed by atoms with van der Waals surface area (Å²) in [7, 11) is 1.62. The van der Waals surface area contributed by atoms with E-state index < -0.39 is 0 Å². The van der Waals surface area contributed by atoms with Gasteiger partial charge in [0.25, 0.3) is 0 Å². The summed E-state index contributed by atoms with van der Waals surface area (Å²) in [5, 5.41) is 21.9. The summed E-state index contributed by atoms with van der Waals surface area (Å²) in [5.41, 5.74) is 2.62. The highest BCUT2D eigenvalue weighted by Crippen LogP contribution is 2.39. The Morgan fingerprint density at radius 2 is 2.23 bits per heavy atom. The number of amides is 1. The maximum Gasteiger partial charge on any atom is 0.235 e. The number of nitrogens with zero attached hydrogens (tertiary/aromatic N) is 4. The molecule has 0 saturated heterocycles. The van der Waals surface area contributed by atoms with Gasteiger partial charge in [0.1, 0.15) is 23.1 Å². The second-order valence-corrected chi connectivity index (χ2v) is 9.23. The molecule has 1 aromatic carbocycles. The number of thioether (sulfide) groups is 1. The number of benzene rings is 1. The Kier molecular flexibility index (Phi) is 6.06. The first kappa shape index (κ1) is 20.4. The number of ether oxygens (including phenoxy) is 1. The third-order valence-electron chi connectivity index (χ3n) is 5.08. The Morgan fingerprint density at radius 1 is 1.43 bits per heavy atom. The van der Waals surface area contributed by atoms with Gasteiger partial charge in [0, 0.05) is 10.6 Å². The first-order valence-corrected chi connectivity index (χ1v) is 11.4. The highest BCUT2D eigenvalue weighted by Gasteiger charge is 2.24. The lowest BCUT2D eigenvalue weighted by Crippen LogP contribution is -2.14. The second kappa shape index (κ2) is 8.90. The van der Waals surface area contributed by atoms with Gasteiger partial charge in [-0.2, -0.15) is 5.26 Å². The fourth-order valence-corrected chi connectivity index (χ4v) is 5.60. The van der Waals surface area contributed by atoms with E-state index in [0.29, 0.717) is 21.6 Å². The topological polar surface area (TPSA) is 92.8 Å². The molecule has 1 amide bonds. The van der Waals surface area contributed by atoms with Crippen LogP contribution in [0.25, 0.3) is 5.69 Å². The Hall–Kier alpha value is -2.83. The van der Waals surface area contributed by atoms with E-state index in [9.17, 15) is 10.1 Å². The van der Waals surface area contributed by atoms with Crippen LogP contribution in [-0.2, 0) is 17.6 Å². The summed E-state index contributed by atoms with van der Waals surface area (Å²) in [5.74, 6) is 1.40. The zero-order chi connectivity index (χ0) is 21.1. The third-order valence-corrected chi connectivity index (χ3v) is 7.19. The van der Waals surface area contributed by atoms with E-state index >= 15 is 0 Å². The zero-order valence-electron chi connectivity index (χ0n) is 16.7. The first-order chi connectivity index (χ1) is 14.6. The molecule has 0 saturated carbocycles. The number of carbonyl (C=O) groups is 1. The maximum atomic E-state index is 12.6. The van der Waals surface area contributed by atoms with Crippen molar-refractivity contribution in [1.82, 2.24) is 14.8 Å². The van der Waals surface area contributed by atoms with Gasteiger partial charge in [0.2, 0.25) is 5.91 Å². The van der Waals surface area contributed by atoms with E-state index in [2.05, 4.69) is 28.5 Å². The number of fused-ring (bicyclic) bond motifs is 1. The summed E-state index contributed by atoms with van der Waals surface area (Å²) < 4.78 is 7.01. The number of methoxy groups -OCH3 is 1. The van der Waals surface area contributed by atoms with Gasteiger partial charge in [0.15, 0.2) is 5.16 Å². The molecule has 2 aromatic heterocycles. The zero-order valence-corrected chi connectivity index (χ0v) is 18.3. The van der Waals surface area contributed by atoms with Crippen molar-refractivity contribution in [1.29, 1.82) is 5.26 Å². The largest absolute Gasteiger partial charge is 0.497 e. The van der Waals surface area contributed by atoms with Crippen LogP contribution in [-0.4, -0.2) is 33.5 Å². The molecule has 0 unspecified atom stereocenters. The number of aromatic nitrogens is 3. The minimum atomic E-state index is -0.160. The predicted octanol–water partition coefficient (Wildman–Crippen LogP) is 4.06. The molecule has 1 aliphatic rings. The summed E-state index contributed by atoms with van der Waals surface area (Å²) in [6.07, 6.45) is 4.59. The quantitative estimate of drug-likeness (QED) is 0.582. The van der Waals surface area contributed by atoms with Crippen LogP contribution < -0.4 is 10.1 Å². The minimum Gasteiger partial charge on any atom is -0.497 e. The van der Waals surface area contributed by atoms with Crippen molar-refractivity contribution in [3.05, 3.63) is 46.6 Å². The van der Waals surface area contributed by atoms with Gasteiger partial charge in [0.05, 0.1) is 18.4 Å². The normalized spacial score (nSPS) is 15.3. The summed E-state index contributed by atoms with van der Waals surface area (Å²) in [4.78, 5) is 13.8. The monoisotopic (exact) mass is 439 g/mol. The molecule has 0 spiro atoms. The van der Waals surface area contributed by atoms with Gasteiger partial charge < -0.3 is 10.1 Å². The van der Waals surface area contributed by atoms with Crippen LogP contribution >= 0.6 is 23.1 Å². The molecule has 4 rings (SSSR count). The maximum absolute atomic E-state index is 12.6. The van der Waals surface area contributed by atoms with Gasteiger partial charge in [-0.05, 0) is 55.0 Å². The van der Waals surface area contributed by atoms with E-state index in [0.717, 1.165) is 36.3 Å². The van der Waals surface area contributed by atoms with E-state index in [4.69, 9.17) is 4.74 Å². The van der Waals surface area contributed by atoms with E-state index in [1.807, 2.05) is 28.8 Å². The molecule has 1 atom stereocenters. The standard InChI is InChI=1S/C21H21N5O2S2/c1-13-3-8-16-17(10-22)20(30-18(16)9-13)24-19(27)11-29-21-25-23-12-26(21)14-4-6-15(28-2)7-5-14/h4-7,12-13H,3,8-9,11H2,1-2H3,(H,24,27)/t13-/m1/s1. The Morgan fingerprint density at radius 3 is 2.97 bits per heavy atom. The predicted molar refractivity (Wildman–Crippen MR) is 117 cm³/mol. The third kappa shape index (κ3) is 4.20. The van der Waals surface area contributed by atoms with E-state index in [1.54, 1.807) is 13.4 Å². The number of carbonyl (C=O) groups excluding carboxylic acids is 1. The van der Waals surface area contributed by atoms with E-state index in [-0.39, 0.29) is 11.7 Å². The molecule has 0 fully saturated rings. The van der Waals surface area contributed by atoms with Gasteiger partial charge in [-0.15, -0.1) is 21.5 Å². The average molecular weight is 440 g/mol. The van der Waals surface area contributed by atoms with Crippen molar-refractivity contribution in [2.24, 2.45) is 5.92 Å². The molecule has 154 valence electrons. The molecule has 1 aliphatic carbocycles. The summed E-state index contributed by atoms with van der Waals surface area (Å²) in [6, 6.07) is 9.82. The summed E-state index contributed by atoms with van der Waals surface area (Å²) in [6.45, 7) is 2.22. The molecular weight excluding hydrogens is 418 g/mol. The molecule has 2 heterocycles. The smallest absolute Gasteiger partial charge is 0.235 e. The van der Waals surface area contributed by atoms with Crippen LogP contribution in [0.5, 0.6) is 5.75 Å². The van der Waals surface area contributed by atoms with Crippen molar-refractivity contribution in [3.63, 3.8) is 0 Å². The van der Waals surface area contributed by atoms with Crippen LogP contribution in [0.2, 0.25) is 0 Å². The molecule has 7 nitrogen and oxygen atoms in total. The molecule has 1 N–H and O–H groups in total. The van der Waals surface area contributed by atoms with Crippen LogP contribution in [0, 0.1) is 17.2 Å². The van der Waals surface area contributed by atoms with Gasteiger partial charge in [-0.3, -0.25) is 9.36 Å². The van der Waals surface area contributed by atoms with Crippen LogP contribution in [0.15, 0.2) is 35.7 Å². The number of hydrogen-bond acceptors (Lipinski definition) is 7. The second-order valence-electron chi connectivity index (χ2n) is 7.19. The number of anilines is 1. The highest BCUT2D eigenvalue weighted by molar-refractivity contribution is 7.99. The minimum absolute atomic E-state index is 0.160. The number of hydrogen-bond donors (Lipinski definition) is 1. The van der Waals surface area contributed by atoms with Crippen molar-refractivity contribution in [3.8, 4) is 17.5 Å². The Labute approximate surface area is 183 Å². The Balaban J connectivity index is 1.43. The highest BCUT2D eigenvalue weighted by atomic mass is 32.2. The van der Waals surface area contributed by atoms with Gasteiger partial charge in [-0.1, -0.05) is 18.7 Å². The van der Waals surface area contributed by atoms with Crippen molar-refractivity contribution >= 4 is 34.0 Å². The number of thiophene rings is 1. The van der Waals surface area contributed by atoms with Crippen molar-refractivity contribution < 1.29 is 9.53 Å². The van der Waals surface area contributed by atoms with Gasteiger partial charge in [-0.25, -0.2) is 0 Å². The van der Waals surface area contributed by atoms with Gasteiger partial charge >= 0.3 is 0 Å². The molecular formula is C21H21N5O2S2. The average Bonchev–Trinajstić information content (AvgIpc) is 3.35. The molecule has 3 aromatic rings. The lowest BCUT2D eigenvalue weighted by Gasteiger charge is -2.17. The lowest BCUT2D eigenvalue weighted by atomic mass is 9.89. The van der Waals surface area contributed by atoms with Crippen LogP contribution in [0.4, 0.5) is 5.00 Å². The van der Waals surface area contributed by atoms with Crippen molar-refractivity contribution in [2.45, 2.75) is 31.3 Å². The molecule has 0 radical (unpaired) electrons. The first-order valence-electron chi connectivity index (χ1n) is 9.60.